The molecule has 9 heteroatoms. The summed E-state index contributed by atoms with van der Waals surface area (Å²) in [6.45, 7) is 1.49. The fourth-order valence-electron chi connectivity index (χ4n) is 0.853. The molecular formula is C5H14NO7P. The molecule has 6 N–H and O–H groups in total. The molecular weight excluding hydrogens is 217 g/mol. The maximum Gasteiger partial charge on any atom is 0.339 e. The Morgan fingerprint density at radius 3 is 1.43 bits per heavy atom. The van der Waals surface area contributed by atoms with Crippen molar-refractivity contribution in [2.75, 3.05) is 6.29 Å². The standard InChI is InChI=1S/C5H14NO7P/c1-4(7,8)6(5(2,9)10)3-14(11,12)13/h7-10H,3H2,1-2H3,(H2,11,12,13). The summed E-state index contributed by atoms with van der Waals surface area (Å²) < 4.78 is 10.5. The highest BCUT2D eigenvalue weighted by atomic mass is 31.2. The zero-order chi connectivity index (χ0) is 11.8. The van der Waals surface area contributed by atoms with Gasteiger partial charge in [0.25, 0.3) is 0 Å². The fourth-order valence-corrected chi connectivity index (χ4v) is 1.76. The van der Waals surface area contributed by atoms with Crippen molar-refractivity contribution >= 4 is 7.60 Å². The van der Waals surface area contributed by atoms with Gasteiger partial charge in [-0.2, -0.15) is 4.90 Å². The van der Waals surface area contributed by atoms with Crippen molar-refractivity contribution < 1.29 is 34.8 Å². The SMILES string of the molecule is CC(O)(O)N(CP(=O)(O)O)C(C)(O)O. The zero-order valence-corrected chi connectivity index (χ0v) is 8.59. The molecule has 0 aliphatic carbocycles. The molecule has 0 amide bonds. The van der Waals surface area contributed by atoms with Crippen LogP contribution in [0.1, 0.15) is 13.8 Å². The topological polar surface area (TPSA) is 142 Å². The van der Waals surface area contributed by atoms with Gasteiger partial charge in [0.05, 0.1) is 0 Å². The van der Waals surface area contributed by atoms with Crippen LogP contribution in [0.3, 0.4) is 0 Å². The third-order valence-corrected chi connectivity index (χ3v) is 2.00. The molecule has 0 aromatic carbocycles. The Balaban J connectivity index is 4.87. The summed E-state index contributed by atoms with van der Waals surface area (Å²) in [7, 11) is -4.63. The van der Waals surface area contributed by atoms with Crippen LogP contribution in [0.2, 0.25) is 0 Å². The summed E-state index contributed by atoms with van der Waals surface area (Å²) in [4.78, 5) is 17.1. The fraction of sp³-hybridized carbons (Fsp3) is 1.00. The molecule has 0 heterocycles. The number of nitrogens with zero attached hydrogens (tertiary/aromatic N) is 1. The lowest BCUT2D eigenvalue weighted by Gasteiger charge is -2.38. The summed E-state index contributed by atoms with van der Waals surface area (Å²) in [6.07, 6.45) is -1.19. The van der Waals surface area contributed by atoms with Gasteiger partial charge in [0.15, 0.2) is 0 Å². The third kappa shape index (κ3) is 4.99. The molecule has 0 fully saturated rings. The van der Waals surface area contributed by atoms with E-state index in [1.54, 1.807) is 0 Å². The number of hydrogen-bond acceptors (Lipinski definition) is 6. The summed E-state index contributed by atoms with van der Waals surface area (Å²) in [6, 6.07) is 0. The van der Waals surface area contributed by atoms with Crippen LogP contribution < -0.4 is 0 Å². The first-order valence-corrected chi connectivity index (χ1v) is 5.35. The number of rotatable bonds is 4. The van der Waals surface area contributed by atoms with Gasteiger partial charge < -0.3 is 30.2 Å². The molecule has 0 rings (SSSR count). The summed E-state index contributed by atoms with van der Waals surface area (Å²) in [5, 5.41) is 36.0. The van der Waals surface area contributed by atoms with Gasteiger partial charge in [-0.1, -0.05) is 0 Å². The van der Waals surface area contributed by atoms with E-state index in [0.717, 1.165) is 13.8 Å². The van der Waals surface area contributed by atoms with E-state index in [1.807, 2.05) is 0 Å². The van der Waals surface area contributed by atoms with Crippen molar-refractivity contribution in [1.29, 1.82) is 0 Å². The molecule has 0 unspecified atom stereocenters. The lowest BCUT2D eigenvalue weighted by Crippen LogP contribution is -2.58. The Hall–Kier alpha value is -0.0500. The molecule has 0 spiro atoms. The predicted octanol–water partition coefficient (Wildman–Crippen LogP) is -2.26. The van der Waals surface area contributed by atoms with Crippen molar-refractivity contribution in [3.63, 3.8) is 0 Å². The molecule has 14 heavy (non-hydrogen) atoms. The summed E-state index contributed by atoms with van der Waals surface area (Å²) in [5.74, 6) is -5.50. The smallest absolute Gasteiger partial charge is 0.339 e. The largest absolute Gasteiger partial charge is 0.353 e. The molecule has 0 aliphatic heterocycles. The maximum atomic E-state index is 10.5. The predicted molar refractivity (Wildman–Crippen MR) is 44.4 cm³/mol. The highest BCUT2D eigenvalue weighted by molar-refractivity contribution is 7.51. The van der Waals surface area contributed by atoms with Crippen molar-refractivity contribution in [3.05, 3.63) is 0 Å². The van der Waals surface area contributed by atoms with E-state index in [2.05, 4.69) is 0 Å². The lowest BCUT2D eigenvalue weighted by molar-refractivity contribution is -0.366. The first-order chi connectivity index (χ1) is 5.84. The van der Waals surface area contributed by atoms with Crippen molar-refractivity contribution in [1.82, 2.24) is 4.90 Å². The first kappa shape index (κ1) is 13.9. The van der Waals surface area contributed by atoms with Gasteiger partial charge in [0, 0.05) is 13.8 Å². The Morgan fingerprint density at radius 2 is 1.36 bits per heavy atom. The van der Waals surface area contributed by atoms with E-state index in [0.29, 0.717) is 0 Å². The quantitative estimate of drug-likeness (QED) is 0.235. The van der Waals surface area contributed by atoms with Crippen LogP contribution in [-0.4, -0.2) is 53.2 Å². The monoisotopic (exact) mass is 231 g/mol. The van der Waals surface area contributed by atoms with Crippen molar-refractivity contribution in [2.24, 2.45) is 0 Å². The molecule has 0 saturated heterocycles. The molecule has 0 atom stereocenters. The van der Waals surface area contributed by atoms with Crippen LogP contribution in [0.4, 0.5) is 0 Å². The van der Waals surface area contributed by atoms with Crippen LogP contribution in [0.15, 0.2) is 0 Å². The minimum Gasteiger partial charge on any atom is -0.353 e. The molecule has 0 aromatic heterocycles. The Bertz CT molecular complexity index is 221. The molecule has 86 valence electrons. The normalized spacial score (nSPS) is 14.9. The first-order valence-electron chi connectivity index (χ1n) is 3.56. The summed E-state index contributed by atoms with van der Waals surface area (Å²) >= 11 is 0. The van der Waals surface area contributed by atoms with Crippen LogP contribution in [0, 0.1) is 0 Å². The van der Waals surface area contributed by atoms with Crippen molar-refractivity contribution in [3.8, 4) is 0 Å². The molecule has 0 bridgehead atoms. The maximum absolute atomic E-state index is 10.5. The molecule has 0 aromatic rings. The van der Waals surface area contributed by atoms with Crippen LogP contribution in [-0.2, 0) is 4.57 Å². The average Bonchev–Trinajstić information content (AvgIpc) is 1.75. The average molecular weight is 231 g/mol. The lowest BCUT2D eigenvalue weighted by atomic mass is 10.4. The van der Waals surface area contributed by atoms with Gasteiger partial charge in [-0.25, -0.2) is 0 Å². The molecule has 0 saturated carbocycles. The van der Waals surface area contributed by atoms with E-state index >= 15 is 0 Å². The second kappa shape index (κ2) is 3.84. The second-order valence-electron chi connectivity index (χ2n) is 3.18. The zero-order valence-electron chi connectivity index (χ0n) is 7.69. The number of aliphatic hydroxyl groups is 4. The van der Waals surface area contributed by atoms with Gasteiger partial charge in [-0.3, -0.25) is 4.57 Å². The van der Waals surface area contributed by atoms with Crippen LogP contribution >= 0.6 is 7.60 Å². The third-order valence-electron chi connectivity index (χ3n) is 1.35. The van der Waals surface area contributed by atoms with E-state index in [4.69, 9.17) is 30.2 Å². The minimum atomic E-state index is -4.63. The summed E-state index contributed by atoms with van der Waals surface area (Å²) in [5.41, 5.74) is 0. The Kier molecular flexibility index (Phi) is 3.82. The van der Waals surface area contributed by atoms with E-state index in [-0.39, 0.29) is 4.90 Å². The van der Waals surface area contributed by atoms with Gasteiger partial charge in [0.1, 0.15) is 6.29 Å². The van der Waals surface area contributed by atoms with Gasteiger partial charge in [0.2, 0.25) is 11.8 Å². The Labute approximate surface area is 80.2 Å². The van der Waals surface area contributed by atoms with Crippen molar-refractivity contribution in [2.45, 2.75) is 25.7 Å². The van der Waals surface area contributed by atoms with E-state index in [9.17, 15) is 4.57 Å². The number of hydrogen-bond donors (Lipinski definition) is 6. The van der Waals surface area contributed by atoms with Crippen LogP contribution in [0.5, 0.6) is 0 Å². The van der Waals surface area contributed by atoms with E-state index < -0.39 is 25.7 Å². The molecule has 0 radical (unpaired) electrons. The van der Waals surface area contributed by atoms with E-state index in [1.165, 1.54) is 0 Å². The van der Waals surface area contributed by atoms with Gasteiger partial charge in [-0.05, 0) is 0 Å². The Morgan fingerprint density at radius 1 is 1.07 bits per heavy atom. The minimum absolute atomic E-state index is 0.0424. The highest BCUT2D eigenvalue weighted by Crippen LogP contribution is 2.38. The molecule has 8 nitrogen and oxygen atoms in total. The van der Waals surface area contributed by atoms with Gasteiger partial charge >= 0.3 is 7.60 Å². The second-order valence-corrected chi connectivity index (χ2v) is 4.79. The highest BCUT2D eigenvalue weighted by Gasteiger charge is 2.42. The van der Waals surface area contributed by atoms with Gasteiger partial charge in [-0.15, -0.1) is 0 Å². The molecule has 0 aliphatic rings. The van der Waals surface area contributed by atoms with Crippen LogP contribution in [0.25, 0.3) is 0 Å².